The number of carbonyl (C=O) groups excluding carboxylic acids is 1. The molecule has 1 aliphatic carbocycles. The van der Waals surface area contributed by atoms with Crippen LogP contribution in [0.3, 0.4) is 0 Å². The molecule has 6 nitrogen and oxygen atoms in total. The lowest BCUT2D eigenvalue weighted by molar-refractivity contribution is -0.383. The number of nitro groups is 1. The van der Waals surface area contributed by atoms with Gasteiger partial charge in [0, 0.05) is 23.0 Å². The van der Waals surface area contributed by atoms with Crippen molar-refractivity contribution in [1.82, 2.24) is 0 Å². The Labute approximate surface area is 121 Å². The third-order valence-electron chi connectivity index (χ3n) is 3.56. The lowest BCUT2D eigenvalue weighted by atomic mass is 9.86. The van der Waals surface area contributed by atoms with E-state index in [2.05, 4.69) is 5.32 Å². The zero-order valence-electron chi connectivity index (χ0n) is 10.8. The molecule has 1 saturated carbocycles. The molecule has 0 spiro atoms. The summed E-state index contributed by atoms with van der Waals surface area (Å²) in [7, 11) is 0. The number of nitrogens with one attached hydrogen (secondary N) is 1. The van der Waals surface area contributed by atoms with Crippen molar-refractivity contribution in [3.05, 3.63) is 33.3 Å². The molecule has 1 fully saturated rings. The number of hydrogen-bond donors (Lipinski definition) is 2. The number of benzene rings is 1. The maximum absolute atomic E-state index is 12.1. The van der Waals surface area contributed by atoms with E-state index in [4.69, 9.17) is 17.3 Å². The number of carbonyl (C=O) groups is 1. The second-order valence-corrected chi connectivity index (χ2v) is 5.46. The fourth-order valence-electron chi connectivity index (χ4n) is 2.38. The summed E-state index contributed by atoms with van der Waals surface area (Å²) in [5, 5.41) is 13.8. The van der Waals surface area contributed by atoms with Crippen LogP contribution in [-0.2, 0) is 4.79 Å². The van der Waals surface area contributed by atoms with Crippen molar-refractivity contribution in [3.63, 3.8) is 0 Å². The van der Waals surface area contributed by atoms with E-state index in [1.807, 2.05) is 0 Å². The Bertz CT molecular complexity index is 528. The predicted molar refractivity (Wildman–Crippen MR) is 76.7 cm³/mol. The first-order chi connectivity index (χ1) is 9.47. The summed E-state index contributed by atoms with van der Waals surface area (Å²) in [6.07, 6.45) is 3.05. The van der Waals surface area contributed by atoms with Gasteiger partial charge in [-0.1, -0.05) is 11.6 Å². The van der Waals surface area contributed by atoms with Crippen molar-refractivity contribution < 1.29 is 9.72 Å². The average molecular weight is 298 g/mol. The molecule has 3 N–H and O–H groups in total. The zero-order chi connectivity index (χ0) is 14.7. The fourth-order valence-corrected chi connectivity index (χ4v) is 2.54. The predicted octanol–water partition coefficient (Wildman–Crippen LogP) is 2.70. The number of rotatable bonds is 3. The van der Waals surface area contributed by atoms with Crippen LogP contribution >= 0.6 is 11.6 Å². The normalized spacial score (nSPS) is 22.3. The first-order valence-corrected chi connectivity index (χ1v) is 6.85. The van der Waals surface area contributed by atoms with Gasteiger partial charge in [-0.2, -0.15) is 0 Å². The molecule has 0 aromatic heterocycles. The maximum atomic E-state index is 12.1. The molecule has 20 heavy (non-hydrogen) atoms. The number of nitrogens with two attached hydrogens (primary N) is 1. The molecule has 108 valence electrons. The van der Waals surface area contributed by atoms with Crippen molar-refractivity contribution in [2.45, 2.75) is 31.7 Å². The van der Waals surface area contributed by atoms with Gasteiger partial charge in [0.1, 0.15) is 5.69 Å². The van der Waals surface area contributed by atoms with Crippen LogP contribution in [0.1, 0.15) is 25.7 Å². The third kappa shape index (κ3) is 3.46. The van der Waals surface area contributed by atoms with E-state index in [1.54, 1.807) is 0 Å². The topological polar surface area (TPSA) is 98.3 Å². The van der Waals surface area contributed by atoms with Crippen LogP contribution in [0.2, 0.25) is 5.02 Å². The van der Waals surface area contributed by atoms with Gasteiger partial charge in [-0.15, -0.1) is 0 Å². The minimum atomic E-state index is -0.557. The van der Waals surface area contributed by atoms with Gasteiger partial charge >= 0.3 is 0 Å². The minimum absolute atomic E-state index is 0.134. The van der Waals surface area contributed by atoms with E-state index in [9.17, 15) is 14.9 Å². The van der Waals surface area contributed by atoms with Crippen molar-refractivity contribution >= 4 is 28.9 Å². The fraction of sp³-hybridized carbons (Fsp3) is 0.462. The summed E-state index contributed by atoms with van der Waals surface area (Å²) >= 11 is 5.73. The Morgan fingerprint density at radius 3 is 2.60 bits per heavy atom. The van der Waals surface area contributed by atoms with Crippen LogP contribution in [0.25, 0.3) is 0 Å². The SMILES string of the molecule is NC1CCC(C(=O)Nc2ccc(Cl)cc2[N+](=O)[O-])CC1. The molecule has 0 bridgehead atoms. The van der Waals surface area contributed by atoms with Crippen LogP contribution in [0.4, 0.5) is 11.4 Å². The Morgan fingerprint density at radius 2 is 2.00 bits per heavy atom. The number of nitro benzene ring substituents is 1. The van der Waals surface area contributed by atoms with E-state index in [0.29, 0.717) is 12.8 Å². The zero-order valence-corrected chi connectivity index (χ0v) is 11.6. The number of nitrogens with zero attached hydrogens (tertiary/aromatic N) is 1. The lowest BCUT2D eigenvalue weighted by Gasteiger charge is -2.25. The second kappa shape index (κ2) is 6.19. The highest BCUT2D eigenvalue weighted by Gasteiger charge is 2.26. The van der Waals surface area contributed by atoms with Crippen LogP contribution < -0.4 is 11.1 Å². The monoisotopic (exact) mass is 297 g/mol. The quantitative estimate of drug-likeness (QED) is 0.662. The van der Waals surface area contributed by atoms with Crippen molar-refractivity contribution in [3.8, 4) is 0 Å². The highest BCUT2D eigenvalue weighted by Crippen LogP contribution is 2.30. The molecule has 1 aromatic rings. The van der Waals surface area contributed by atoms with E-state index >= 15 is 0 Å². The third-order valence-corrected chi connectivity index (χ3v) is 3.79. The molecule has 0 saturated heterocycles. The first-order valence-electron chi connectivity index (χ1n) is 6.47. The van der Waals surface area contributed by atoms with Crippen LogP contribution in [0.15, 0.2) is 18.2 Å². The van der Waals surface area contributed by atoms with E-state index in [0.717, 1.165) is 12.8 Å². The van der Waals surface area contributed by atoms with E-state index in [1.165, 1.54) is 18.2 Å². The van der Waals surface area contributed by atoms with Gasteiger partial charge in [0.25, 0.3) is 5.69 Å². The summed E-state index contributed by atoms with van der Waals surface area (Å²) in [6.45, 7) is 0. The van der Waals surface area contributed by atoms with E-state index < -0.39 is 4.92 Å². The molecule has 0 atom stereocenters. The Hall–Kier alpha value is -1.66. The van der Waals surface area contributed by atoms with Gasteiger partial charge < -0.3 is 11.1 Å². The van der Waals surface area contributed by atoms with Gasteiger partial charge in [0.05, 0.1) is 4.92 Å². The van der Waals surface area contributed by atoms with E-state index in [-0.39, 0.29) is 34.3 Å². The maximum Gasteiger partial charge on any atom is 0.294 e. The van der Waals surface area contributed by atoms with Crippen molar-refractivity contribution in [2.24, 2.45) is 11.7 Å². The van der Waals surface area contributed by atoms with Crippen LogP contribution in [0.5, 0.6) is 0 Å². The number of anilines is 1. The molecule has 0 radical (unpaired) electrons. The highest BCUT2D eigenvalue weighted by atomic mass is 35.5. The molecule has 0 aliphatic heterocycles. The number of amides is 1. The number of halogens is 1. The van der Waals surface area contributed by atoms with Gasteiger partial charge in [-0.25, -0.2) is 0 Å². The minimum Gasteiger partial charge on any atom is -0.328 e. The number of hydrogen-bond acceptors (Lipinski definition) is 4. The molecular weight excluding hydrogens is 282 g/mol. The summed E-state index contributed by atoms with van der Waals surface area (Å²) in [6, 6.07) is 4.35. The molecule has 0 heterocycles. The largest absolute Gasteiger partial charge is 0.328 e. The van der Waals surface area contributed by atoms with Gasteiger partial charge in [-0.05, 0) is 37.8 Å². The first kappa shape index (κ1) is 14.7. The smallest absolute Gasteiger partial charge is 0.294 e. The van der Waals surface area contributed by atoms with Gasteiger partial charge in [0.15, 0.2) is 0 Å². The molecule has 0 unspecified atom stereocenters. The lowest BCUT2D eigenvalue weighted by Crippen LogP contribution is -2.32. The Kier molecular flexibility index (Phi) is 4.57. The molecule has 1 aliphatic rings. The highest BCUT2D eigenvalue weighted by molar-refractivity contribution is 6.31. The second-order valence-electron chi connectivity index (χ2n) is 5.02. The van der Waals surface area contributed by atoms with Gasteiger partial charge in [-0.3, -0.25) is 14.9 Å². The van der Waals surface area contributed by atoms with Crippen LogP contribution in [0, 0.1) is 16.0 Å². The molecular formula is C13H16ClN3O3. The molecule has 1 aromatic carbocycles. The summed E-state index contributed by atoms with van der Waals surface area (Å²) in [5.41, 5.74) is 5.78. The average Bonchev–Trinajstić information content (AvgIpc) is 2.41. The Balaban J connectivity index is 2.10. The van der Waals surface area contributed by atoms with Crippen LogP contribution in [-0.4, -0.2) is 16.9 Å². The molecule has 1 amide bonds. The van der Waals surface area contributed by atoms with Crippen molar-refractivity contribution in [1.29, 1.82) is 0 Å². The summed E-state index contributed by atoms with van der Waals surface area (Å²) in [4.78, 5) is 22.5. The summed E-state index contributed by atoms with van der Waals surface area (Å²) < 4.78 is 0. The molecule has 2 rings (SSSR count). The van der Waals surface area contributed by atoms with Gasteiger partial charge in [0.2, 0.25) is 5.91 Å². The standard InChI is InChI=1S/C13H16ClN3O3/c14-9-3-6-11(12(7-9)17(19)20)16-13(18)8-1-4-10(15)5-2-8/h3,6-8,10H,1-2,4-5,15H2,(H,16,18). The molecule has 7 heteroatoms. The van der Waals surface area contributed by atoms with Crippen molar-refractivity contribution in [2.75, 3.05) is 5.32 Å². The Morgan fingerprint density at radius 1 is 1.35 bits per heavy atom. The summed E-state index contributed by atoms with van der Waals surface area (Å²) in [5.74, 6) is -0.326.